The second-order valence-corrected chi connectivity index (χ2v) is 6.83. The van der Waals surface area contributed by atoms with Gasteiger partial charge < -0.3 is 15.7 Å². The van der Waals surface area contributed by atoms with Crippen LogP contribution in [-0.4, -0.2) is 40.0 Å². The highest BCUT2D eigenvalue weighted by atomic mass is 16.4. The smallest absolute Gasteiger partial charge is 0.335 e. The molecule has 3 N–H and O–H groups in total. The molecule has 1 aromatic carbocycles. The molecule has 30 heavy (non-hydrogen) atoms. The SMILES string of the molecule is O=C(O)c1cccc(C(NCCc2cccnc2)C(=O)NCCc2cccnc2)c1. The van der Waals surface area contributed by atoms with Gasteiger partial charge in [0.25, 0.3) is 0 Å². The molecule has 1 unspecified atom stereocenters. The van der Waals surface area contributed by atoms with E-state index >= 15 is 0 Å². The molecule has 0 fully saturated rings. The lowest BCUT2D eigenvalue weighted by molar-refractivity contribution is -0.123. The lowest BCUT2D eigenvalue weighted by Crippen LogP contribution is -2.39. The van der Waals surface area contributed by atoms with Crippen LogP contribution in [0.4, 0.5) is 0 Å². The first-order valence-electron chi connectivity index (χ1n) is 9.75. The molecule has 0 aliphatic rings. The lowest BCUT2D eigenvalue weighted by Gasteiger charge is -2.19. The molecule has 0 spiro atoms. The molecule has 1 amide bonds. The average Bonchev–Trinajstić information content (AvgIpc) is 2.78. The Morgan fingerprint density at radius 1 is 0.900 bits per heavy atom. The van der Waals surface area contributed by atoms with Gasteiger partial charge in [0.2, 0.25) is 5.91 Å². The van der Waals surface area contributed by atoms with Crippen LogP contribution < -0.4 is 10.6 Å². The fourth-order valence-corrected chi connectivity index (χ4v) is 3.10. The van der Waals surface area contributed by atoms with E-state index < -0.39 is 12.0 Å². The second-order valence-electron chi connectivity index (χ2n) is 6.83. The summed E-state index contributed by atoms with van der Waals surface area (Å²) < 4.78 is 0. The Balaban J connectivity index is 1.66. The summed E-state index contributed by atoms with van der Waals surface area (Å²) in [5.41, 5.74) is 2.85. The van der Waals surface area contributed by atoms with E-state index in [1.165, 1.54) is 12.1 Å². The van der Waals surface area contributed by atoms with Crippen molar-refractivity contribution in [3.8, 4) is 0 Å². The number of nitrogens with zero attached hydrogens (tertiary/aromatic N) is 2. The molecule has 0 aliphatic heterocycles. The fourth-order valence-electron chi connectivity index (χ4n) is 3.10. The summed E-state index contributed by atoms with van der Waals surface area (Å²) in [5, 5.41) is 15.5. The minimum atomic E-state index is -1.03. The highest BCUT2D eigenvalue weighted by molar-refractivity contribution is 5.89. The summed E-state index contributed by atoms with van der Waals surface area (Å²) >= 11 is 0. The van der Waals surface area contributed by atoms with Gasteiger partial charge in [-0.3, -0.25) is 14.8 Å². The Hall–Kier alpha value is -3.58. The number of rotatable bonds is 10. The zero-order valence-corrected chi connectivity index (χ0v) is 16.5. The van der Waals surface area contributed by atoms with E-state index in [0.717, 1.165) is 11.1 Å². The summed E-state index contributed by atoms with van der Waals surface area (Å²) in [6.07, 6.45) is 8.34. The van der Waals surface area contributed by atoms with Crippen molar-refractivity contribution in [2.75, 3.05) is 13.1 Å². The molecule has 3 aromatic rings. The number of nitrogens with one attached hydrogen (secondary N) is 2. The number of carboxylic acids is 1. The van der Waals surface area contributed by atoms with Gasteiger partial charge in [0.15, 0.2) is 0 Å². The first-order valence-corrected chi connectivity index (χ1v) is 9.75. The Kier molecular flexibility index (Phi) is 7.63. The van der Waals surface area contributed by atoms with Crippen molar-refractivity contribution in [2.24, 2.45) is 0 Å². The standard InChI is InChI=1S/C23H24N4O3/c28-22(27-13-9-18-5-3-11-25-16-18)21(19-6-1-7-20(14-19)23(29)30)26-12-8-17-4-2-10-24-15-17/h1-7,10-11,14-16,21,26H,8-9,12-13H2,(H,27,28)(H,29,30). The van der Waals surface area contributed by atoms with Crippen LogP contribution >= 0.6 is 0 Å². The van der Waals surface area contributed by atoms with Gasteiger partial charge >= 0.3 is 5.97 Å². The van der Waals surface area contributed by atoms with Crippen LogP contribution in [0.2, 0.25) is 0 Å². The molecule has 0 saturated heterocycles. The molecular formula is C23H24N4O3. The maximum absolute atomic E-state index is 12.9. The van der Waals surface area contributed by atoms with Crippen LogP contribution in [0.5, 0.6) is 0 Å². The molecule has 2 heterocycles. The van der Waals surface area contributed by atoms with Crippen molar-refractivity contribution in [3.63, 3.8) is 0 Å². The quantitative estimate of drug-likeness (QED) is 0.479. The van der Waals surface area contributed by atoms with Crippen molar-refractivity contribution in [2.45, 2.75) is 18.9 Å². The normalized spacial score (nSPS) is 11.6. The number of benzene rings is 1. The fraction of sp³-hybridized carbons (Fsp3) is 0.217. The van der Waals surface area contributed by atoms with Crippen molar-refractivity contribution < 1.29 is 14.7 Å². The number of aromatic carboxylic acids is 1. The summed E-state index contributed by atoms with van der Waals surface area (Å²) in [4.78, 5) is 32.4. The monoisotopic (exact) mass is 404 g/mol. The molecular weight excluding hydrogens is 380 g/mol. The van der Waals surface area contributed by atoms with E-state index in [9.17, 15) is 14.7 Å². The van der Waals surface area contributed by atoms with Crippen molar-refractivity contribution in [3.05, 3.63) is 95.6 Å². The topological polar surface area (TPSA) is 104 Å². The summed E-state index contributed by atoms with van der Waals surface area (Å²) in [7, 11) is 0. The highest BCUT2D eigenvalue weighted by Gasteiger charge is 2.21. The van der Waals surface area contributed by atoms with Crippen LogP contribution in [0, 0.1) is 0 Å². The number of carbonyl (C=O) groups is 2. The first kappa shape index (κ1) is 21.1. The Morgan fingerprint density at radius 2 is 1.57 bits per heavy atom. The molecule has 0 bridgehead atoms. The second kappa shape index (κ2) is 10.8. The van der Waals surface area contributed by atoms with E-state index in [-0.39, 0.29) is 11.5 Å². The molecule has 0 radical (unpaired) electrons. The molecule has 1 atom stereocenters. The van der Waals surface area contributed by atoms with Gasteiger partial charge in [0.05, 0.1) is 5.56 Å². The van der Waals surface area contributed by atoms with Gasteiger partial charge in [-0.1, -0.05) is 24.3 Å². The number of carboxylic acid groups (broad SMARTS) is 1. The molecule has 3 rings (SSSR count). The average molecular weight is 404 g/mol. The van der Waals surface area contributed by atoms with Gasteiger partial charge in [-0.05, 0) is 53.8 Å². The number of carbonyl (C=O) groups excluding carboxylic acids is 1. The van der Waals surface area contributed by atoms with Gasteiger partial charge in [-0.15, -0.1) is 0 Å². The van der Waals surface area contributed by atoms with Gasteiger partial charge in [0, 0.05) is 37.9 Å². The molecule has 7 nitrogen and oxygen atoms in total. The van der Waals surface area contributed by atoms with Crippen molar-refractivity contribution >= 4 is 11.9 Å². The maximum Gasteiger partial charge on any atom is 0.335 e. The number of hydrogen-bond acceptors (Lipinski definition) is 5. The summed E-state index contributed by atoms with van der Waals surface area (Å²) in [6.45, 7) is 1.01. The van der Waals surface area contributed by atoms with E-state index in [0.29, 0.717) is 31.5 Å². The van der Waals surface area contributed by atoms with Crippen LogP contribution in [0.1, 0.15) is 33.1 Å². The molecule has 2 aromatic heterocycles. The number of amides is 1. The Morgan fingerprint density at radius 3 is 2.17 bits per heavy atom. The Bertz CT molecular complexity index is 964. The van der Waals surface area contributed by atoms with Gasteiger partial charge in [0.1, 0.15) is 6.04 Å². The zero-order valence-electron chi connectivity index (χ0n) is 16.5. The van der Waals surface area contributed by atoms with Crippen molar-refractivity contribution in [1.29, 1.82) is 0 Å². The predicted molar refractivity (Wildman–Crippen MR) is 113 cm³/mol. The Labute approximate surface area is 175 Å². The lowest BCUT2D eigenvalue weighted by atomic mass is 10.0. The van der Waals surface area contributed by atoms with Crippen LogP contribution in [0.15, 0.2) is 73.3 Å². The minimum Gasteiger partial charge on any atom is -0.478 e. The van der Waals surface area contributed by atoms with E-state index in [1.54, 1.807) is 36.9 Å². The highest BCUT2D eigenvalue weighted by Crippen LogP contribution is 2.16. The number of hydrogen-bond donors (Lipinski definition) is 3. The molecule has 0 saturated carbocycles. The maximum atomic E-state index is 12.9. The van der Waals surface area contributed by atoms with Gasteiger partial charge in [-0.25, -0.2) is 4.79 Å². The van der Waals surface area contributed by atoms with Crippen molar-refractivity contribution in [1.82, 2.24) is 20.6 Å². The first-order chi connectivity index (χ1) is 14.6. The summed E-state index contributed by atoms with van der Waals surface area (Å²) in [6, 6.07) is 13.5. The molecule has 0 aliphatic carbocycles. The van der Waals surface area contributed by atoms with E-state index in [1.807, 2.05) is 24.3 Å². The third-order valence-corrected chi connectivity index (χ3v) is 4.65. The van der Waals surface area contributed by atoms with Crippen LogP contribution in [-0.2, 0) is 17.6 Å². The van der Waals surface area contributed by atoms with Crippen LogP contribution in [0.25, 0.3) is 0 Å². The minimum absolute atomic E-state index is 0.148. The zero-order chi connectivity index (χ0) is 21.2. The molecule has 154 valence electrons. The summed E-state index contributed by atoms with van der Waals surface area (Å²) in [5.74, 6) is -1.23. The van der Waals surface area contributed by atoms with E-state index in [2.05, 4.69) is 20.6 Å². The third kappa shape index (κ3) is 6.22. The predicted octanol–water partition coefficient (Wildman–Crippen LogP) is 2.41. The largest absolute Gasteiger partial charge is 0.478 e. The third-order valence-electron chi connectivity index (χ3n) is 4.65. The molecule has 7 heteroatoms. The van der Waals surface area contributed by atoms with E-state index in [4.69, 9.17) is 0 Å². The van der Waals surface area contributed by atoms with Crippen LogP contribution in [0.3, 0.4) is 0 Å². The number of aromatic nitrogens is 2. The number of pyridine rings is 2. The van der Waals surface area contributed by atoms with Gasteiger partial charge in [-0.2, -0.15) is 0 Å².